The van der Waals surface area contributed by atoms with Crippen LogP contribution in [-0.4, -0.2) is 29.6 Å². The largest absolute Gasteiger partial charge is 0.352 e. The van der Waals surface area contributed by atoms with E-state index in [-0.39, 0.29) is 5.91 Å². The summed E-state index contributed by atoms with van der Waals surface area (Å²) in [7, 11) is 1.78. The number of carbonyl (C=O) groups excluding carboxylic acids is 2. The van der Waals surface area contributed by atoms with E-state index < -0.39 is 6.03 Å². The molecule has 0 radical (unpaired) electrons. The Labute approximate surface area is 101 Å². The standard InChI is InChI=1S/C9H13BrN4O2/c1-14-5-6(10)4-7(14)8(15)12-2-3-13-9(11)16/h4-5H,2-3H2,1H3,(H,12,15)(H3,11,13,16). The molecule has 6 nitrogen and oxygen atoms in total. The first kappa shape index (κ1) is 12.6. The smallest absolute Gasteiger partial charge is 0.312 e. The molecule has 0 bridgehead atoms. The summed E-state index contributed by atoms with van der Waals surface area (Å²) < 4.78 is 2.55. The fourth-order valence-electron chi connectivity index (χ4n) is 1.20. The number of rotatable bonds is 4. The van der Waals surface area contributed by atoms with Crippen LogP contribution in [0.3, 0.4) is 0 Å². The number of hydrogen-bond acceptors (Lipinski definition) is 2. The van der Waals surface area contributed by atoms with E-state index in [0.717, 1.165) is 4.47 Å². The minimum atomic E-state index is -0.601. The van der Waals surface area contributed by atoms with Crippen LogP contribution in [0.2, 0.25) is 0 Å². The zero-order valence-corrected chi connectivity index (χ0v) is 10.4. The van der Waals surface area contributed by atoms with E-state index in [0.29, 0.717) is 18.8 Å². The van der Waals surface area contributed by atoms with Gasteiger partial charge in [0.05, 0.1) is 0 Å². The van der Waals surface area contributed by atoms with Gasteiger partial charge in [-0.2, -0.15) is 0 Å². The van der Waals surface area contributed by atoms with Crippen molar-refractivity contribution in [2.24, 2.45) is 12.8 Å². The Morgan fingerprint density at radius 3 is 2.56 bits per heavy atom. The molecule has 1 rings (SSSR count). The van der Waals surface area contributed by atoms with Gasteiger partial charge < -0.3 is 20.9 Å². The predicted octanol–water partition coefficient (Wildman–Crippen LogP) is 0.186. The monoisotopic (exact) mass is 288 g/mol. The van der Waals surface area contributed by atoms with Crippen LogP contribution >= 0.6 is 15.9 Å². The van der Waals surface area contributed by atoms with Crippen LogP contribution in [0, 0.1) is 0 Å². The average Bonchev–Trinajstić information content (AvgIpc) is 2.52. The van der Waals surface area contributed by atoms with E-state index in [9.17, 15) is 9.59 Å². The highest BCUT2D eigenvalue weighted by Gasteiger charge is 2.09. The van der Waals surface area contributed by atoms with Gasteiger partial charge >= 0.3 is 6.03 Å². The van der Waals surface area contributed by atoms with Crippen molar-refractivity contribution in [3.8, 4) is 0 Å². The molecule has 4 N–H and O–H groups in total. The molecular formula is C9H13BrN4O2. The van der Waals surface area contributed by atoms with Crippen molar-refractivity contribution in [1.29, 1.82) is 0 Å². The normalized spacial score (nSPS) is 9.88. The molecule has 0 fully saturated rings. The number of aromatic nitrogens is 1. The predicted molar refractivity (Wildman–Crippen MR) is 63.0 cm³/mol. The first-order valence-corrected chi connectivity index (χ1v) is 5.43. The molecular weight excluding hydrogens is 276 g/mol. The zero-order chi connectivity index (χ0) is 12.1. The van der Waals surface area contributed by atoms with E-state index in [1.807, 2.05) is 0 Å². The SMILES string of the molecule is Cn1cc(Br)cc1C(=O)NCCNC(N)=O. The van der Waals surface area contributed by atoms with Gasteiger partial charge in [0, 0.05) is 30.8 Å². The summed E-state index contributed by atoms with van der Waals surface area (Å²) in [4.78, 5) is 22.0. The number of urea groups is 1. The van der Waals surface area contributed by atoms with Crippen molar-refractivity contribution < 1.29 is 9.59 Å². The van der Waals surface area contributed by atoms with Crippen LogP contribution in [0.5, 0.6) is 0 Å². The van der Waals surface area contributed by atoms with Crippen LogP contribution in [0.15, 0.2) is 16.7 Å². The molecule has 0 atom stereocenters. The van der Waals surface area contributed by atoms with Crippen LogP contribution < -0.4 is 16.4 Å². The lowest BCUT2D eigenvalue weighted by atomic mass is 10.4. The first-order valence-electron chi connectivity index (χ1n) is 4.64. The van der Waals surface area contributed by atoms with Crippen LogP contribution in [0.4, 0.5) is 4.79 Å². The zero-order valence-electron chi connectivity index (χ0n) is 8.79. The lowest BCUT2D eigenvalue weighted by molar-refractivity contribution is 0.0946. The highest BCUT2D eigenvalue weighted by atomic mass is 79.9. The summed E-state index contributed by atoms with van der Waals surface area (Å²) in [6, 6.07) is 1.12. The number of carbonyl (C=O) groups is 2. The van der Waals surface area contributed by atoms with Gasteiger partial charge in [0.2, 0.25) is 0 Å². The number of primary amides is 1. The molecule has 0 saturated heterocycles. The number of nitrogens with one attached hydrogen (secondary N) is 2. The number of aryl methyl sites for hydroxylation is 1. The Kier molecular flexibility index (Phi) is 4.36. The van der Waals surface area contributed by atoms with Crippen molar-refractivity contribution >= 4 is 27.9 Å². The van der Waals surface area contributed by atoms with Crippen molar-refractivity contribution in [1.82, 2.24) is 15.2 Å². The van der Waals surface area contributed by atoms with E-state index in [4.69, 9.17) is 5.73 Å². The Morgan fingerprint density at radius 1 is 1.44 bits per heavy atom. The minimum absolute atomic E-state index is 0.195. The average molecular weight is 289 g/mol. The quantitative estimate of drug-likeness (QED) is 0.691. The number of amides is 3. The molecule has 0 saturated carbocycles. The molecule has 1 aromatic heterocycles. The highest BCUT2D eigenvalue weighted by Crippen LogP contribution is 2.13. The molecule has 0 spiro atoms. The van der Waals surface area contributed by atoms with E-state index in [2.05, 4.69) is 26.6 Å². The van der Waals surface area contributed by atoms with Gasteiger partial charge in [0.25, 0.3) is 5.91 Å². The molecule has 1 heterocycles. The second-order valence-corrected chi connectivity index (χ2v) is 4.12. The Bertz CT molecular complexity index is 402. The van der Waals surface area contributed by atoms with Crippen molar-refractivity contribution in [2.45, 2.75) is 0 Å². The summed E-state index contributed by atoms with van der Waals surface area (Å²) in [6.45, 7) is 0.650. The van der Waals surface area contributed by atoms with Crippen LogP contribution in [-0.2, 0) is 7.05 Å². The first-order chi connectivity index (χ1) is 7.50. The van der Waals surface area contributed by atoms with Gasteiger partial charge in [0.15, 0.2) is 0 Å². The van der Waals surface area contributed by atoms with Crippen molar-refractivity contribution in [3.63, 3.8) is 0 Å². The third-order valence-corrected chi connectivity index (χ3v) is 2.35. The maximum atomic E-state index is 11.6. The summed E-state index contributed by atoms with van der Waals surface area (Å²) in [5.41, 5.74) is 5.42. The molecule has 3 amide bonds. The summed E-state index contributed by atoms with van der Waals surface area (Å²) >= 11 is 3.28. The van der Waals surface area contributed by atoms with Gasteiger partial charge in [-0.15, -0.1) is 0 Å². The number of nitrogens with zero attached hydrogens (tertiary/aromatic N) is 1. The Morgan fingerprint density at radius 2 is 2.06 bits per heavy atom. The van der Waals surface area contributed by atoms with Gasteiger partial charge in [-0.25, -0.2) is 4.79 Å². The molecule has 7 heteroatoms. The van der Waals surface area contributed by atoms with Gasteiger partial charge in [-0.3, -0.25) is 4.79 Å². The van der Waals surface area contributed by atoms with Crippen LogP contribution in [0.1, 0.15) is 10.5 Å². The lowest BCUT2D eigenvalue weighted by Gasteiger charge is -2.05. The Hall–Kier alpha value is -1.50. The summed E-state index contributed by atoms with van der Waals surface area (Å²) in [5.74, 6) is -0.195. The fraction of sp³-hybridized carbons (Fsp3) is 0.333. The van der Waals surface area contributed by atoms with E-state index in [1.165, 1.54) is 0 Å². The topological polar surface area (TPSA) is 89.2 Å². The molecule has 0 unspecified atom stereocenters. The van der Waals surface area contributed by atoms with E-state index in [1.54, 1.807) is 23.9 Å². The summed E-state index contributed by atoms with van der Waals surface area (Å²) in [6.07, 6.45) is 1.79. The maximum Gasteiger partial charge on any atom is 0.312 e. The third-order valence-electron chi connectivity index (χ3n) is 1.91. The number of nitrogens with two attached hydrogens (primary N) is 1. The van der Waals surface area contributed by atoms with Crippen molar-refractivity contribution in [3.05, 3.63) is 22.4 Å². The number of halogens is 1. The molecule has 0 aliphatic carbocycles. The second-order valence-electron chi connectivity index (χ2n) is 3.20. The fourth-order valence-corrected chi connectivity index (χ4v) is 1.73. The summed E-state index contributed by atoms with van der Waals surface area (Å²) in [5, 5.41) is 5.04. The molecule has 0 aliphatic heterocycles. The lowest BCUT2D eigenvalue weighted by Crippen LogP contribution is -2.37. The maximum absolute atomic E-state index is 11.6. The third kappa shape index (κ3) is 3.58. The van der Waals surface area contributed by atoms with E-state index >= 15 is 0 Å². The van der Waals surface area contributed by atoms with Gasteiger partial charge in [-0.1, -0.05) is 0 Å². The van der Waals surface area contributed by atoms with Gasteiger partial charge in [-0.05, 0) is 22.0 Å². The molecule has 16 heavy (non-hydrogen) atoms. The van der Waals surface area contributed by atoms with Gasteiger partial charge in [0.1, 0.15) is 5.69 Å². The van der Waals surface area contributed by atoms with Crippen molar-refractivity contribution in [2.75, 3.05) is 13.1 Å². The Balaban J connectivity index is 2.41. The van der Waals surface area contributed by atoms with Crippen LogP contribution in [0.25, 0.3) is 0 Å². The molecule has 1 aromatic rings. The molecule has 88 valence electrons. The molecule has 0 aliphatic rings. The highest BCUT2D eigenvalue weighted by molar-refractivity contribution is 9.10. The second kappa shape index (κ2) is 5.55. The number of hydrogen-bond donors (Lipinski definition) is 3. The minimum Gasteiger partial charge on any atom is -0.352 e. The molecule has 0 aromatic carbocycles.